The number of thiazole rings is 1. The fourth-order valence-corrected chi connectivity index (χ4v) is 6.47. The van der Waals surface area contributed by atoms with Crippen molar-refractivity contribution >= 4 is 50.2 Å². The molecule has 3 aliphatic rings. The van der Waals surface area contributed by atoms with E-state index >= 15 is 0 Å². The van der Waals surface area contributed by atoms with E-state index in [0.29, 0.717) is 23.3 Å². The largest absolute Gasteiger partial charge is 0.490 e. The number of nitrogens with zero attached hydrogens (tertiary/aromatic N) is 5. The molecule has 2 saturated heterocycles. The van der Waals surface area contributed by atoms with E-state index in [9.17, 15) is 18.0 Å². The normalized spacial score (nSPS) is 20.0. The third-order valence-corrected chi connectivity index (χ3v) is 8.98. The maximum Gasteiger partial charge on any atom is 0.418 e. The Morgan fingerprint density at radius 1 is 1.22 bits per heavy atom. The molecule has 0 bridgehead atoms. The van der Waals surface area contributed by atoms with Crippen molar-refractivity contribution in [1.82, 2.24) is 25.2 Å². The van der Waals surface area contributed by atoms with Gasteiger partial charge in [-0.2, -0.15) is 13.5 Å². The first-order valence-corrected chi connectivity index (χ1v) is 16.6. The number of ketones is 1. The van der Waals surface area contributed by atoms with Crippen molar-refractivity contribution in [3.63, 3.8) is 0 Å². The number of amides is 1. The Balaban J connectivity index is 1.15. The number of hydroxylamine groups is 2. The number of piperazine rings is 1. The number of nitrogens with one attached hydrogen (secondary N) is 2. The van der Waals surface area contributed by atoms with E-state index in [0.717, 1.165) is 56.0 Å². The number of β-lactam (4-membered cyclic amide) rings is 1. The Morgan fingerprint density at radius 2 is 1.98 bits per heavy atom. The van der Waals surface area contributed by atoms with E-state index in [2.05, 4.69) is 29.5 Å². The molecule has 244 valence electrons. The lowest BCUT2D eigenvalue weighted by Gasteiger charge is -2.50. The van der Waals surface area contributed by atoms with Crippen LogP contribution in [-0.2, 0) is 42.1 Å². The predicted octanol–water partition coefficient (Wildman–Crippen LogP) is 0.654. The molecule has 1 amide bonds. The molecule has 0 saturated carbocycles. The van der Waals surface area contributed by atoms with Crippen molar-refractivity contribution < 1.29 is 36.4 Å². The van der Waals surface area contributed by atoms with Crippen LogP contribution in [0, 0.1) is 11.3 Å². The summed E-state index contributed by atoms with van der Waals surface area (Å²) < 4.78 is 41.4. The Labute approximate surface area is 264 Å². The zero-order valence-corrected chi connectivity index (χ0v) is 26.5. The quantitative estimate of drug-likeness (QED) is 0.0650. The van der Waals surface area contributed by atoms with Gasteiger partial charge in [0, 0.05) is 51.1 Å². The third kappa shape index (κ3) is 7.52. The number of guanidine groups is 1. The smallest absolute Gasteiger partial charge is 0.418 e. The van der Waals surface area contributed by atoms with Gasteiger partial charge < -0.3 is 30.4 Å². The highest BCUT2D eigenvalue weighted by molar-refractivity contribution is 7.80. The summed E-state index contributed by atoms with van der Waals surface area (Å²) in [5.74, 6) is -1.08. The van der Waals surface area contributed by atoms with Crippen molar-refractivity contribution in [3.8, 4) is 5.75 Å². The highest BCUT2D eigenvalue weighted by atomic mass is 32.3. The van der Waals surface area contributed by atoms with Gasteiger partial charge in [-0.05, 0) is 43.5 Å². The number of nitrogens with two attached hydrogens (primary N) is 1. The highest BCUT2D eigenvalue weighted by Crippen LogP contribution is 2.40. The van der Waals surface area contributed by atoms with Crippen LogP contribution in [0.25, 0.3) is 0 Å². The molecule has 3 aliphatic heterocycles. The van der Waals surface area contributed by atoms with Crippen molar-refractivity contribution in [2.45, 2.75) is 38.8 Å². The summed E-state index contributed by atoms with van der Waals surface area (Å²) in [4.78, 5) is 39.5. The van der Waals surface area contributed by atoms with E-state index in [1.807, 2.05) is 18.2 Å². The number of anilines is 1. The minimum atomic E-state index is -4.92. The van der Waals surface area contributed by atoms with E-state index in [4.69, 9.17) is 25.3 Å². The fraction of sp³-hybridized carbons (Fsp3) is 0.519. The predicted molar refractivity (Wildman–Crippen MR) is 164 cm³/mol. The lowest BCUT2D eigenvalue weighted by atomic mass is 9.74. The number of carbonyl (C=O) groups is 2. The molecule has 5 N–H and O–H groups in total. The van der Waals surface area contributed by atoms with Crippen LogP contribution in [0.5, 0.6) is 5.75 Å². The number of rotatable bonds is 11. The molecule has 2 fully saturated rings. The first-order valence-electron chi connectivity index (χ1n) is 14.3. The SMILES string of the molecule is CC1(C)[C@H](CC(=O)/C(=N\OCCOc2ccc3c(c2)CCN(C(=N)N2CCNCC2)C3)c2csc(N)n2)C(=O)N1OS(=O)(=O)O. The van der Waals surface area contributed by atoms with Gasteiger partial charge in [0.05, 0.1) is 11.5 Å². The monoisotopic (exact) mass is 664 g/mol. The summed E-state index contributed by atoms with van der Waals surface area (Å²) >= 11 is 1.10. The number of aromatic nitrogens is 1. The average Bonchev–Trinajstić information content (AvgIpc) is 3.44. The van der Waals surface area contributed by atoms with Crippen LogP contribution in [0.2, 0.25) is 0 Å². The third-order valence-electron chi connectivity index (χ3n) is 7.97. The molecule has 18 heteroatoms. The number of carbonyl (C=O) groups excluding carboxylic acids is 2. The molecule has 16 nitrogen and oxygen atoms in total. The van der Waals surface area contributed by atoms with E-state index in [-0.39, 0.29) is 36.2 Å². The van der Waals surface area contributed by atoms with Gasteiger partial charge in [0.25, 0.3) is 5.91 Å². The van der Waals surface area contributed by atoms with Crippen LogP contribution >= 0.6 is 11.3 Å². The van der Waals surface area contributed by atoms with Crippen LogP contribution in [-0.4, -0.2) is 108 Å². The van der Waals surface area contributed by atoms with Gasteiger partial charge >= 0.3 is 10.4 Å². The number of nitrogen functional groups attached to an aromatic ring is 1. The maximum absolute atomic E-state index is 13.2. The molecule has 1 aromatic carbocycles. The van der Waals surface area contributed by atoms with Gasteiger partial charge in [-0.25, -0.2) is 4.98 Å². The van der Waals surface area contributed by atoms with Crippen molar-refractivity contribution in [2.75, 3.05) is 51.7 Å². The number of hydrogen-bond donors (Lipinski definition) is 4. The molecule has 1 atom stereocenters. The van der Waals surface area contributed by atoms with Gasteiger partial charge in [0.15, 0.2) is 29.2 Å². The fourth-order valence-electron chi connectivity index (χ4n) is 5.47. The summed E-state index contributed by atoms with van der Waals surface area (Å²) in [6, 6.07) is 5.87. The number of oxime groups is 1. The van der Waals surface area contributed by atoms with Crippen LogP contribution in [0.15, 0.2) is 28.7 Å². The number of ether oxygens (including phenoxy) is 1. The second-order valence-electron chi connectivity index (χ2n) is 11.3. The van der Waals surface area contributed by atoms with Crippen LogP contribution < -0.4 is 15.8 Å². The molecule has 4 heterocycles. The zero-order chi connectivity index (χ0) is 32.4. The van der Waals surface area contributed by atoms with Crippen molar-refractivity contribution in [1.29, 1.82) is 5.41 Å². The van der Waals surface area contributed by atoms with Crippen LogP contribution in [0.1, 0.15) is 37.1 Å². The van der Waals surface area contributed by atoms with Crippen LogP contribution in [0.3, 0.4) is 0 Å². The number of Topliss-reactive ketones (excluding diaryl/α,β-unsaturated/α-hetero) is 1. The van der Waals surface area contributed by atoms with E-state index < -0.39 is 33.5 Å². The molecule has 5 rings (SSSR count). The molecule has 0 unspecified atom stereocenters. The molecular formula is C27H36N8O8S2. The number of fused-ring (bicyclic) bond motifs is 1. The summed E-state index contributed by atoms with van der Waals surface area (Å²) in [6.45, 7) is 8.00. The zero-order valence-electron chi connectivity index (χ0n) is 24.9. The minimum absolute atomic E-state index is 0.00689. The second kappa shape index (κ2) is 13.3. The van der Waals surface area contributed by atoms with Gasteiger partial charge in [-0.1, -0.05) is 11.2 Å². The molecule has 1 aromatic heterocycles. The first kappa shape index (κ1) is 32.6. The lowest BCUT2D eigenvalue weighted by Crippen LogP contribution is -2.68. The summed E-state index contributed by atoms with van der Waals surface area (Å²) in [6.07, 6.45) is 0.457. The molecular weight excluding hydrogens is 628 g/mol. The Kier molecular flexibility index (Phi) is 9.59. The average molecular weight is 665 g/mol. The second-order valence-corrected chi connectivity index (χ2v) is 13.2. The standard InChI is InChI=1S/C27H36N8O8S2/c1-27(2)20(24(37)35(27)43-45(38,39)40)14-22(36)23(21-16-44-25(28)31-21)32-42-12-11-41-19-4-3-18-15-34(8-5-17(18)13-19)26(29)33-9-6-30-7-10-33/h3-4,13,16,20,29-30H,5-12,14-15H2,1-2H3,(H2,28,31)(H,38,39,40)/b29-26?,32-23-/t20-/m1/s1. The molecule has 45 heavy (non-hydrogen) atoms. The van der Waals surface area contributed by atoms with Gasteiger partial charge in [0.2, 0.25) is 0 Å². The summed E-state index contributed by atoms with van der Waals surface area (Å²) in [5, 5.41) is 18.2. The van der Waals surface area contributed by atoms with Gasteiger partial charge in [0.1, 0.15) is 18.1 Å². The van der Waals surface area contributed by atoms with Gasteiger partial charge in [-0.3, -0.25) is 19.6 Å². The maximum atomic E-state index is 13.2. The lowest BCUT2D eigenvalue weighted by molar-refractivity contribution is -0.228. The summed E-state index contributed by atoms with van der Waals surface area (Å²) in [5.41, 5.74) is 6.89. The van der Waals surface area contributed by atoms with Crippen molar-refractivity contribution in [3.05, 3.63) is 40.4 Å². The Morgan fingerprint density at radius 3 is 2.64 bits per heavy atom. The Hall–Kier alpha value is -3.84. The molecule has 2 aromatic rings. The molecule has 0 radical (unpaired) electrons. The number of hydrogen-bond acceptors (Lipinski definition) is 13. The van der Waals surface area contributed by atoms with Crippen molar-refractivity contribution in [2.24, 2.45) is 11.1 Å². The topological polar surface area (TPSA) is 213 Å². The van der Waals surface area contributed by atoms with E-state index in [1.165, 1.54) is 24.8 Å². The van der Waals surface area contributed by atoms with E-state index in [1.54, 1.807) is 0 Å². The molecule has 0 spiro atoms. The van der Waals surface area contributed by atoms with Crippen LogP contribution in [0.4, 0.5) is 5.13 Å². The molecule has 0 aliphatic carbocycles. The first-order chi connectivity index (χ1) is 21.3. The minimum Gasteiger partial charge on any atom is -0.490 e. The Bertz CT molecular complexity index is 1590. The number of benzene rings is 1. The summed E-state index contributed by atoms with van der Waals surface area (Å²) in [7, 11) is -4.92. The highest BCUT2D eigenvalue weighted by Gasteiger charge is 2.57. The van der Waals surface area contributed by atoms with Gasteiger partial charge in [-0.15, -0.1) is 15.6 Å².